The molecule has 0 amide bonds. The number of anilines is 1. The summed E-state index contributed by atoms with van der Waals surface area (Å²) in [6.07, 6.45) is 1.12. The van der Waals surface area contributed by atoms with Gasteiger partial charge in [-0.25, -0.2) is 4.79 Å². The van der Waals surface area contributed by atoms with E-state index in [-0.39, 0.29) is 5.56 Å². The summed E-state index contributed by atoms with van der Waals surface area (Å²) in [5.41, 5.74) is 7.06. The highest BCUT2D eigenvalue weighted by Crippen LogP contribution is 2.19. The Kier molecular flexibility index (Phi) is 5.16. The van der Waals surface area contributed by atoms with E-state index in [0.29, 0.717) is 18.2 Å². The van der Waals surface area contributed by atoms with E-state index < -0.39 is 5.97 Å². The quantitative estimate of drug-likeness (QED) is 0.761. The number of carboxylic acid groups (broad SMARTS) is 1. The number of rotatable bonds is 6. The third-order valence-electron chi connectivity index (χ3n) is 3.16. The summed E-state index contributed by atoms with van der Waals surface area (Å²) >= 11 is 0. The molecule has 1 rings (SSSR count). The number of hydrogen-bond donors (Lipinski definition) is 2. The summed E-state index contributed by atoms with van der Waals surface area (Å²) in [7, 11) is 2.00. The van der Waals surface area contributed by atoms with Crippen molar-refractivity contribution in [3.05, 3.63) is 29.3 Å². The molecule has 0 saturated heterocycles. The van der Waals surface area contributed by atoms with Crippen LogP contribution in [0, 0.1) is 5.92 Å². The van der Waals surface area contributed by atoms with Gasteiger partial charge in [0, 0.05) is 18.8 Å². The van der Waals surface area contributed by atoms with Crippen LogP contribution < -0.4 is 5.73 Å². The fourth-order valence-electron chi connectivity index (χ4n) is 2.03. The van der Waals surface area contributed by atoms with Crippen molar-refractivity contribution in [2.75, 3.05) is 19.3 Å². The van der Waals surface area contributed by atoms with Gasteiger partial charge in [0.15, 0.2) is 0 Å². The van der Waals surface area contributed by atoms with Crippen LogP contribution in [0.5, 0.6) is 0 Å². The van der Waals surface area contributed by atoms with E-state index >= 15 is 0 Å². The number of carbonyl (C=O) groups is 1. The van der Waals surface area contributed by atoms with Gasteiger partial charge in [-0.2, -0.15) is 0 Å². The van der Waals surface area contributed by atoms with Crippen molar-refractivity contribution >= 4 is 11.7 Å². The summed E-state index contributed by atoms with van der Waals surface area (Å²) in [5.74, 6) is -0.357. The Hall–Kier alpha value is -1.55. The maximum Gasteiger partial charge on any atom is 0.338 e. The number of carboxylic acids is 1. The summed E-state index contributed by atoms with van der Waals surface area (Å²) in [6.45, 7) is 5.90. The molecule has 3 N–H and O–H groups in total. The minimum Gasteiger partial charge on any atom is -0.478 e. The topological polar surface area (TPSA) is 66.6 Å². The average Bonchev–Trinajstić information content (AvgIpc) is 2.28. The lowest BCUT2D eigenvalue weighted by Gasteiger charge is -2.21. The van der Waals surface area contributed by atoms with Crippen LogP contribution in [0.25, 0.3) is 0 Å². The highest BCUT2D eigenvalue weighted by Gasteiger charge is 2.15. The molecule has 0 fully saturated rings. The summed E-state index contributed by atoms with van der Waals surface area (Å²) in [5, 5.41) is 9.19. The van der Waals surface area contributed by atoms with Crippen molar-refractivity contribution in [1.82, 2.24) is 4.90 Å². The Labute approximate surface area is 108 Å². The van der Waals surface area contributed by atoms with Gasteiger partial charge in [-0.1, -0.05) is 32.4 Å². The average molecular weight is 250 g/mol. The number of nitrogen functional groups attached to an aromatic ring is 1. The van der Waals surface area contributed by atoms with Crippen LogP contribution in [0.15, 0.2) is 18.2 Å². The standard InChI is InChI=1S/C14H22N2O2/c1-4-10(2)8-16(3)9-11-6-5-7-12(15)13(11)14(17)18/h5-7,10H,4,8-9,15H2,1-3H3,(H,17,18). The van der Waals surface area contributed by atoms with E-state index in [1.54, 1.807) is 12.1 Å². The molecule has 0 aromatic heterocycles. The number of aromatic carboxylic acids is 1. The molecule has 4 nitrogen and oxygen atoms in total. The predicted molar refractivity (Wildman–Crippen MR) is 73.6 cm³/mol. The van der Waals surface area contributed by atoms with Gasteiger partial charge in [0.1, 0.15) is 0 Å². The number of nitrogens with zero attached hydrogens (tertiary/aromatic N) is 1. The van der Waals surface area contributed by atoms with Crippen molar-refractivity contribution in [2.24, 2.45) is 5.92 Å². The molecule has 18 heavy (non-hydrogen) atoms. The van der Waals surface area contributed by atoms with Crippen molar-refractivity contribution in [3.63, 3.8) is 0 Å². The highest BCUT2D eigenvalue weighted by molar-refractivity contribution is 5.95. The SMILES string of the molecule is CCC(C)CN(C)Cc1cccc(N)c1C(=O)O. The van der Waals surface area contributed by atoms with Gasteiger partial charge < -0.3 is 15.7 Å². The number of hydrogen-bond acceptors (Lipinski definition) is 3. The first-order chi connectivity index (χ1) is 8.45. The van der Waals surface area contributed by atoms with Gasteiger partial charge in [-0.05, 0) is 24.6 Å². The molecule has 1 aromatic carbocycles. The van der Waals surface area contributed by atoms with Crippen molar-refractivity contribution in [1.29, 1.82) is 0 Å². The van der Waals surface area contributed by atoms with E-state index in [9.17, 15) is 9.90 Å². The first-order valence-electron chi connectivity index (χ1n) is 6.24. The van der Waals surface area contributed by atoms with Gasteiger partial charge in [0.2, 0.25) is 0 Å². The fraction of sp³-hybridized carbons (Fsp3) is 0.500. The second-order valence-electron chi connectivity index (χ2n) is 4.90. The minimum atomic E-state index is -0.958. The van der Waals surface area contributed by atoms with E-state index in [4.69, 9.17) is 5.73 Å². The molecule has 0 spiro atoms. The minimum absolute atomic E-state index is 0.230. The molecule has 100 valence electrons. The summed E-state index contributed by atoms with van der Waals surface area (Å²) < 4.78 is 0. The molecule has 0 aliphatic carbocycles. The zero-order valence-electron chi connectivity index (χ0n) is 11.3. The van der Waals surface area contributed by atoms with Crippen LogP contribution in [0.1, 0.15) is 36.2 Å². The number of nitrogens with two attached hydrogens (primary N) is 1. The zero-order valence-corrected chi connectivity index (χ0v) is 11.3. The van der Waals surface area contributed by atoms with Crippen LogP contribution in [-0.4, -0.2) is 29.6 Å². The van der Waals surface area contributed by atoms with Crippen LogP contribution in [0.4, 0.5) is 5.69 Å². The monoisotopic (exact) mass is 250 g/mol. The molecular formula is C14H22N2O2. The van der Waals surface area contributed by atoms with Gasteiger partial charge in [0.25, 0.3) is 0 Å². The lowest BCUT2D eigenvalue weighted by Crippen LogP contribution is -2.25. The summed E-state index contributed by atoms with van der Waals surface area (Å²) in [6, 6.07) is 5.25. The molecule has 1 atom stereocenters. The third kappa shape index (κ3) is 3.74. The van der Waals surface area contributed by atoms with Gasteiger partial charge in [-0.15, -0.1) is 0 Å². The Balaban J connectivity index is 2.84. The molecule has 1 unspecified atom stereocenters. The molecule has 0 aliphatic heterocycles. The zero-order chi connectivity index (χ0) is 13.7. The molecule has 0 bridgehead atoms. The van der Waals surface area contributed by atoms with E-state index in [1.807, 2.05) is 13.1 Å². The Morgan fingerprint density at radius 1 is 1.50 bits per heavy atom. The highest BCUT2D eigenvalue weighted by atomic mass is 16.4. The molecule has 0 radical (unpaired) electrons. The first-order valence-corrected chi connectivity index (χ1v) is 6.24. The Morgan fingerprint density at radius 3 is 2.72 bits per heavy atom. The first kappa shape index (κ1) is 14.5. The van der Waals surface area contributed by atoms with E-state index in [2.05, 4.69) is 18.7 Å². The van der Waals surface area contributed by atoms with Crippen molar-refractivity contribution in [2.45, 2.75) is 26.8 Å². The van der Waals surface area contributed by atoms with Crippen LogP contribution in [-0.2, 0) is 6.54 Å². The second-order valence-corrected chi connectivity index (χ2v) is 4.90. The Bertz CT molecular complexity index is 418. The van der Waals surface area contributed by atoms with Crippen LogP contribution in [0.2, 0.25) is 0 Å². The maximum absolute atomic E-state index is 11.2. The maximum atomic E-state index is 11.2. The third-order valence-corrected chi connectivity index (χ3v) is 3.16. The number of benzene rings is 1. The molecule has 0 heterocycles. The van der Waals surface area contributed by atoms with Crippen LogP contribution >= 0.6 is 0 Å². The largest absolute Gasteiger partial charge is 0.478 e. The Morgan fingerprint density at radius 2 is 2.17 bits per heavy atom. The van der Waals surface area contributed by atoms with Crippen LogP contribution in [0.3, 0.4) is 0 Å². The lowest BCUT2D eigenvalue weighted by molar-refractivity contribution is 0.0696. The molecular weight excluding hydrogens is 228 g/mol. The molecule has 4 heteroatoms. The fourth-order valence-corrected chi connectivity index (χ4v) is 2.03. The summed E-state index contributed by atoms with van der Waals surface area (Å²) in [4.78, 5) is 13.3. The normalized spacial score (nSPS) is 12.7. The molecule has 0 aliphatic rings. The molecule has 1 aromatic rings. The van der Waals surface area contributed by atoms with Gasteiger partial charge in [0.05, 0.1) is 5.56 Å². The smallest absolute Gasteiger partial charge is 0.338 e. The van der Waals surface area contributed by atoms with E-state index in [1.165, 1.54) is 0 Å². The predicted octanol–water partition coefficient (Wildman–Crippen LogP) is 2.44. The van der Waals surface area contributed by atoms with Gasteiger partial charge in [-0.3, -0.25) is 0 Å². The molecule has 0 saturated carbocycles. The van der Waals surface area contributed by atoms with Crippen molar-refractivity contribution < 1.29 is 9.90 Å². The van der Waals surface area contributed by atoms with Crippen molar-refractivity contribution in [3.8, 4) is 0 Å². The van der Waals surface area contributed by atoms with Gasteiger partial charge >= 0.3 is 5.97 Å². The lowest BCUT2D eigenvalue weighted by atomic mass is 10.0. The van der Waals surface area contributed by atoms with E-state index in [0.717, 1.165) is 18.5 Å². The second kappa shape index (κ2) is 6.40.